The Hall–Kier alpha value is -2.59. The molecule has 0 aliphatic heterocycles. The molecule has 1 heterocycles. The molecular formula is C13H8F6N2O3. The van der Waals surface area contributed by atoms with Gasteiger partial charge < -0.3 is 9.26 Å². The summed E-state index contributed by atoms with van der Waals surface area (Å²) in [7, 11) is 0. The minimum Gasteiger partial charge on any atom is -0.459 e. The first-order valence-corrected chi connectivity index (χ1v) is 6.33. The molecular weight excluding hydrogens is 346 g/mol. The number of halogens is 6. The second-order valence-corrected chi connectivity index (χ2v) is 4.40. The topological polar surface area (TPSA) is 65.2 Å². The molecule has 0 aliphatic rings. The van der Waals surface area contributed by atoms with Crippen LogP contribution in [-0.4, -0.2) is 22.7 Å². The molecule has 1 aromatic carbocycles. The van der Waals surface area contributed by atoms with Gasteiger partial charge in [0.25, 0.3) is 0 Å². The lowest BCUT2D eigenvalue weighted by molar-refractivity contribution is -0.141. The SMILES string of the molecule is CCOC(=O)c1nc(-c2cc(C(F)(F)F)ccc2C(F)(F)F)no1. The predicted molar refractivity (Wildman–Crippen MR) is 65.7 cm³/mol. The first-order chi connectivity index (χ1) is 11.0. The number of nitrogens with zero attached hydrogens (tertiary/aromatic N) is 2. The fourth-order valence-electron chi connectivity index (χ4n) is 1.76. The Balaban J connectivity index is 2.56. The highest BCUT2D eigenvalue weighted by Gasteiger charge is 2.38. The number of alkyl halides is 6. The number of esters is 1. The molecule has 0 saturated heterocycles. The van der Waals surface area contributed by atoms with E-state index in [9.17, 15) is 31.1 Å². The Morgan fingerprint density at radius 3 is 2.38 bits per heavy atom. The number of benzene rings is 1. The maximum Gasteiger partial charge on any atom is 0.417 e. The lowest BCUT2D eigenvalue weighted by atomic mass is 10.0. The summed E-state index contributed by atoms with van der Waals surface area (Å²) < 4.78 is 86.1. The van der Waals surface area contributed by atoms with Gasteiger partial charge in [-0.05, 0) is 25.1 Å². The van der Waals surface area contributed by atoms with Gasteiger partial charge in [-0.1, -0.05) is 5.16 Å². The van der Waals surface area contributed by atoms with Gasteiger partial charge in [-0.15, -0.1) is 0 Å². The largest absolute Gasteiger partial charge is 0.459 e. The van der Waals surface area contributed by atoms with Crippen molar-refractivity contribution in [2.45, 2.75) is 19.3 Å². The lowest BCUT2D eigenvalue weighted by Gasteiger charge is -2.13. The summed E-state index contributed by atoms with van der Waals surface area (Å²) in [5.41, 5.74) is -3.68. The summed E-state index contributed by atoms with van der Waals surface area (Å²) in [5.74, 6) is -2.68. The molecule has 0 amide bonds. The number of hydrogen-bond acceptors (Lipinski definition) is 5. The normalized spacial score (nSPS) is 12.3. The van der Waals surface area contributed by atoms with Gasteiger partial charge in [-0.3, -0.25) is 0 Å². The van der Waals surface area contributed by atoms with Crippen LogP contribution in [0.5, 0.6) is 0 Å². The number of carbonyl (C=O) groups is 1. The zero-order valence-electron chi connectivity index (χ0n) is 11.8. The highest BCUT2D eigenvalue weighted by atomic mass is 19.4. The van der Waals surface area contributed by atoms with Gasteiger partial charge in [0.15, 0.2) is 0 Å². The van der Waals surface area contributed by atoms with Crippen molar-refractivity contribution in [2.75, 3.05) is 6.61 Å². The van der Waals surface area contributed by atoms with Crippen LogP contribution in [0, 0.1) is 0 Å². The first kappa shape index (κ1) is 17.8. The van der Waals surface area contributed by atoms with Crippen molar-refractivity contribution < 1.29 is 40.4 Å². The van der Waals surface area contributed by atoms with Crippen LogP contribution >= 0.6 is 0 Å². The number of rotatable bonds is 3. The van der Waals surface area contributed by atoms with Crippen molar-refractivity contribution in [3.05, 3.63) is 35.2 Å². The third kappa shape index (κ3) is 3.66. The summed E-state index contributed by atoms with van der Waals surface area (Å²) in [6.45, 7) is 1.40. The summed E-state index contributed by atoms with van der Waals surface area (Å²) in [6.07, 6.45) is -9.82. The van der Waals surface area contributed by atoms with Crippen LogP contribution in [0.3, 0.4) is 0 Å². The Kier molecular flexibility index (Phi) is 4.54. The molecule has 0 saturated carbocycles. The van der Waals surface area contributed by atoms with Crippen LogP contribution in [0.1, 0.15) is 28.7 Å². The summed E-state index contributed by atoms with van der Waals surface area (Å²) in [4.78, 5) is 14.8. The fourth-order valence-corrected chi connectivity index (χ4v) is 1.76. The standard InChI is InChI=1S/C13H8F6N2O3/c1-2-23-11(22)10-20-9(21-24-10)7-5-6(12(14,15)16)3-4-8(7)13(17,18)19/h3-5H,2H2,1H3. The fraction of sp³-hybridized carbons (Fsp3) is 0.308. The van der Waals surface area contributed by atoms with E-state index in [0.29, 0.717) is 6.07 Å². The molecule has 11 heteroatoms. The summed E-state index contributed by atoms with van der Waals surface area (Å²) >= 11 is 0. The third-order valence-electron chi connectivity index (χ3n) is 2.77. The Morgan fingerprint density at radius 2 is 1.83 bits per heavy atom. The smallest absolute Gasteiger partial charge is 0.417 e. The van der Waals surface area contributed by atoms with Crippen molar-refractivity contribution in [1.82, 2.24) is 10.1 Å². The molecule has 0 aliphatic carbocycles. The molecule has 0 N–H and O–H groups in total. The molecule has 0 unspecified atom stereocenters. The first-order valence-electron chi connectivity index (χ1n) is 6.33. The second-order valence-electron chi connectivity index (χ2n) is 4.40. The summed E-state index contributed by atoms with van der Waals surface area (Å²) in [5, 5.41) is 3.13. The highest BCUT2D eigenvalue weighted by molar-refractivity contribution is 5.84. The minimum atomic E-state index is -4.95. The molecule has 0 fully saturated rings. The van der Waals surface area contributed by atoms with Gasteiger partial charge in [-0.25, -0.2) is 4.79 Å². The molecule has 0 atom stereocenters. The molecule has 24 heavy (non-hydrogen) atoms. The van der Waals surface area contributed by atoms with E-state index in [-0.39, 0.29) is 18.7 Å². The molecule has 5 nitrogen and oxygen atoms in total. The van der Waals surface area contributed by atoms with E-state index in [1.165, 1.54) is 6.92 Å². The van der Waals surface area contributed by atoms with Crippen molar-refractivity contribution in [1.29, 1.82) is 0 Å². The van der Waals surface area contributed by atoms with Crippen molar-refractivity contribution in [2.24, 2.45) is 0 Å². The molecule has 0 radical (unpaired) electrons. The monoisotopic (exact) mass is 354 g/mol. The molecule has 2 aromatic rings. The van der Waals surface area contributed by atoms with E-state index >= 15 is 0 Å². The average molecular weight is 354 g/mol. The minimum absolute atomic E-state index is 0.0616. The van der Waals surface area contributed by atoms with E-state index in [4.69, 9.17) is 0 Å². The Labute approximate surface area is 130 Å². The number of carbonyl (C=O) groups excluding carboxylic acids is 1. The zero-order chi connectivity index (χ0) is 18.1. The van der Waals surface area contributed by atoms with Crippen molar-refractivity contribution in [3.8, 4) is 11.4 Å². The van der Waals surface area contributed by atoms with Crippen LogP contribution in [0.2, 0.25) is 0 Å². The molecule has 130 valence electrons. The van der Waals surface area contributed by atoms with E-state index in [0.717, 1.165) is 0 Å². The van der Waals surface area contributed by atoms with Crippen LogP contribution in [-0.2, 0) is 17.1 Å². The van der Waals surface area contributed by atoms with Crippen LogP contribution in [0.25, 0.3) is 11.4 Å². The van der Waals surface area contributed by atoms with E-state index in [1.807, 2.05) is 0 Å². The van der Waals surface area contributed by atoms with Gasteiger partial charge >= 0.3 is 24.2 Å². The molecule has 0 spiro atoms. The van der Waals surface area contributed by atoms with Gasteiger partial charge in [0.2, 0.25) is 5.82 Å². The van der Waals surface area contributed by atoms with Crippen LogP contribution in [0.15, 0.2) is 22.7 Å². The Morgan fingerprint density at radius 1 is 1.17 bits per heavy atom. The highest BCUT2D eigenvalue weighted by Crippen LogP contribution is 2.39. The Bertz CT molecular complexity index is 751. The number of hydrogen-bond donors (Lipinski definition) is 0. The van der Waals surface area contributed by atoms with E-state index in [1.54, 1.807) is 0 Å². The lowest BCUT2D eigenvalue weighted by Crippen LogP contribution is -2.11. The molecule has 0 bridgehead atoms. The van der Waals surface area contributed by atoms with Crippen molar-refractivity contribution in [3.63, 3.8) is 0 Å². The quantitative estimate of drug-likeness (QED) is 0.617. The summed E-state index contributed by atoms with van der Waals surface area (Å²) in [6, 6.07) is 0.791. The van der Waals surface area contributed by atoms with Crippen LogP contribution < -0.4 is 0 Å². The predicted octanol–water partition coefficient (Wildman–Crippen LogP) is 3.95. The average Bonchev–Trinajstić information content (AvgIpc) is 2.95. The molecule has 1 aromatic heterocycles. The van der Waals surface area contributed by atoms with Gasteiger partial charge in [0.05, 0.1) is 17.7 Å². The zero-order valence-corrected chi connectivity index (χ0v) is 11.8. The van der Waals surface area contributed by atoms with E-state index in [2.05, 4.69) is 19.4 Å². The van der Waals surface area contributed by atoms with Gasteiger partial charge in [0, 0.05) is 5.56 Å². The van der Waals surface area contributed by atoms with Gasteiger partial charge in [0.1, 0.15) is 0 Å². The second kappa shape index (κ2) is 6.13. The van der Waals surface area contributed by atoms with Crippen molar-refractivity contribution >= 4 is 5.97 Å². The number of ether oxygens (including phenoxy) is 1. The third-order valence-corrected chi connectivity index (χ3v) is 2.77. The maximum absolute atomic E-state index is 13.0. The maximum atomic E-state index is 13.0. The number of aromatic nitrogens is 2. The van der Waals surface area contributed by atoms with E-state index < -0.39 is 46.7 Å². The molecule has 2 rings (SSSR count). The van der Waals surface area contributed by atoms with Crippen LogP contribution in [0.4, 0.5) is 26.3 Å². The van der Waals surface area contributed by atoms with Gasteiger partial charge in [-0.2, -0.15) is 31.3 Å².